The van der Waals surface area contributed by atoms with Gasteiger partial charge in [-0.25, -0.2) is 0 Å². The standard InChI is InChI=1S/C28H24ClN3O2S/c1-17-8-12-21(13-9-17)31-26(33)22(16-30)28-32(24-7-5-4-6-19(24)3)27(34)25(35-28)15-20-11-10-18(2)23(29)14-20/h4-14,25H,15H2,1-3H3,(H,31,33). The van der Waals surface area contributed by atoms with E-state index in [1.165, 1.54) is 16.7 Å². The topological polar surface area (TPSA) is 73.2 Å². The van der Waals surface area contributed by atoms with E-state index >= 15 is 0 Å². The fraction of sp³-hybridized carbons (Fsp3) is 0.179. The first kappa shape index (κ1) is 24.6. The van der Waals surface area contributed by atoms with Gasteiger partial charge in [-0.1, -0.05) is 71.4 Å². The van der Waals surface area contributed by atoms with Crippen LogP contribution >= 0.6 is 23.4 Å². The zero-order chi connectivity index (χ0) is 25.1. The number of hydrogen-bond donors (Lipinski definition) is 1. The predicted molar refractivity (Wildman–Crippen MR) is 142 cm³/mol. The fourth-order valence-electron chi connectivity index (χ4n) is 3.83. The number of nitrogens with zero attached hydrogens (tertiary/aromatic N) is 2. The summed E-state index contributed by atoms with van der Waals surface area (Å²) in [5.41, 5.74) is 4.94. The summed E-state index contributed by atoms with van der Waals surface area (Å²) in [4.78, 5) is 28.3. The maximum absolute atomic E-state index is 13.7. The van der Waals surface area contributed by atoms with Crippen LogP contribution in [0.5, 0.6) is 0 Å². The summed E-state index contributed by atoms with van der Waals surface area (Å²) >= 11 is 7.54. The Morgan fingerprint density at radius 3 is 2.43 bits per heavy atom. The van der Waals surface area contributed by atoms with Crippen LogP contribution in [0.15, 0.2) is 77.3 Å². The average molecular weight is 502 g/mol. The van der Waals surface area contributed by atoms with E-state index in [9.17, 15) is 14.9 Å². The van der Waals surface area contributed by atoms with E-state index < -0.39 is 11.2 Å². The third kappa shape index (κ3) is 5.27. The molecule has 0 saturated carbocycles. The molecule has 0 bridgehead atoms. The van der Waals surface area contributed by atoms with Crippen molar-refractivity contribution in [2.75, 3.05) is 10.2 Å². The molecular formula is C28H24ClN3O2S. The first-order chi connectivity index (χ1) is 16.8. The number of amides is 2. The minimum absolute atomic E-state index is 0.100. The molecule has 1 aliphatic heterocycles. The largest absolute Gasteiger partial charge is 0.321 e. The Morgan fingerprint density at radius 2 is 1.77 bits per heavy atom. The summed E-state index contributed by atoms with van der Waals surface area (Å²) in [6.45, 7) is 5.78. The van der Waals surface area contributed by atoms with E-state index in [1.54, 1.807) is 12.1 Å². The maximum atomic E-state index is 13.7. The molecule has 0 radical (unpaired) electrons. The Labute approximate surface area is 214 Å². The molecule has 0 spiro atoms. The van der Waals surface area contributed by atoms with Gasteiger partial charge in [0, 0.05) is 10.7 Å². The lowest BCUT2D eigenvalue weighted by atomic mass is 10.1. The monoisotopic (exact) mass is 501 g/mol. The summed E-state index contributed by atoms with van der Waals surface area (Å²) in [5.74, 6) is -0.726. The average Bonchev–Trinajstić information content (AvgIpc) is 3.14. The molecule has 35 heavy (non-hydrogen) atoms. The highest BCUT2D eigenvalue weighted by Crippen LogP contribution is 2.43. The van der Waals surface area contributed by atoms with Crippen molar-refractivity contribution in [2.45, 2.75) is 32.4 Å². The number of anilines is 2. The molecule has 5 nitrogen and oxygen atoms in total. The lowest BCUT2D eigenvalue weighted by molar-refractivity contribution is -0.117. The molecule has 1 N–H and O–H groups in total. The number of carbonyl (C=O) groups excluding carboxylic acids is 2. The predicted octanol–water partition coefficient (Wildman–Crippen LogP) is 6.33. The van der Waals surface area contributed by atoms with E-state index in [2.05, 4.69) is 5.32 Å². The van der Waals surface area contributed by atoms with Crippen molar-refractivity contribution in [2.24, 2.45) is 0 Å². The van der Waals surface area contributed by atoms with Crippen LogP contribution < -0.4 is 10.2 Å². The first-order valence-electron chi connectivity index (χ1n) is 11.1. The lowest BCUT2D eigenvalue weighted by Gasteiger charge is -2.20. The summed E-state index contributed by atoms with van der Waals surface area (Å²) in [5, 5.41) is 13.3. The molecule has 1 aliphatic rings. The van der Waals surface area contributed by atoms with Gasteiger partial charge in [0.05, 0.1) is 10.9 Å². The quantitative estimate of drug-likeness (QED) is 0.327. The van der Waals surface area contributed by atoms with Crippen molar-refractivity contribution in [3.63, 3.8) is 0 Å². The maximum Gasteiger partial charge on any atom is 0.269 e. The molecule has 1 fully saturated rings. The number of rotatable bonds is 5. The van der Waals surface area contributed by atoms with Gasteiger partial charge in [0.25, 0.3) is 5.91 Å². The smallest absolute Gasteiger partial charge is 0.269 e. The van der Waals surface area contributed by atoms with Crippen molar-refractivity contribution in [3.8, 4) is 6.07 Å². The molecule has 3 aromatic rings. The molecule has 4 rings (SSSR count). The molecule has 1 saturated heterocycles. The van der Waals surface area contributed by atoms with E-state index in [0.29, 0.717) is 27.8 Å². The number of aryl methyl sites for hydroxylation is 3. The van der Waals surface area contributed by atoms with Crippen molar-refractivity contribution in [3.05, 3.63) is 105 Å². The lowest BCUT2D eigenvalue weighted by Crippen LogP contribution is -2.31. The number of nitriles is 1. The van der Waals surface area contributed by atoms with Crippen LogP contribution in [0.3, 0.4) is 0 Å². The number of hydrogen-bond acceptors (Lipinski definition) is 4. The summed E-state index contributed by atoms with van der Waals surface area (Å²) < 4.78 is 0. The summed E-state index contributed by atoms with van der Waals surface area (Å²) in [6, 6.07) is 22.5. The molecule has 2 amide bonds. The second-order valence-corrected chi connectivity index (χ2v) is 10.1. The minimum Gasteiger partial charge on any atom is -0.321 e. The van der Waals surface area contributed by atoms with Crippen LogP contribution in [0.25, 0.3) is 0 Å². The van der Waals surface area contributed by atoms with Crippen LogP contribution in [0.1, 0.15) is 22.3 Å². The highest BCUT2D eigenvalue weighted by molar-refractivity contribution is 8.05. The normalized spacial score (nSPS) is 16.7. The van der Waals surface area contributed by atoms with Crippen LogP contribution in [0.4, 0.5) is 11.4 Å². The van der Waals surface area contributed by atoms with Gasteiger partial charge in [0.1, 0.15) is 16.7 Å². The van der Waals surface area contributed by atoms with E-state index in [4.69, 9.17) is 11.6 Å². The van der Waals surface area contributed by atoms with Crippen molar-refractivity contribution in [1.82, 2.24) is 0 Å². The van der Waals surface area contributed by atoms with E-state index in [1.807, 2.05) is 81.4 Å². The van der Waals surface area contributed by atoms with Crippen LogP contribution in [0.2, 0.25) is 5.02 Å². The molecule has 3 aromatic carbocycles. The highest BCUT2D eigenvalue weighted by atomic mass is 35.5. The Balaban J connectivity index is 1.74. The van der Waals surface area contributed by atoms with E-state index in [-0.39, 0.29) is 11.5 Å². The molecular weight excluding hydrogens is 478 g/mol. The Morgan fingerprint density at radius 1 is 1.06 bits per heavy atom. The summed E-state index contributed by atoms with van der Waals surface area (Å²) in [6.07, 6.45) is 0.424. The number of carbonyl (C=O) groups is 2. The third-order valence-electron chi connectivity index (χ3n) is 5.83. The second kappa shape index (κ2) is 10.4. The molecule has 1 atom stereocenters. The number of thioether (sulfide) groups is 1. The number of halogens is 1. The van der Waals surface area contributed by atoms with Gasteiger partial charge in [0.2, 0.25) is 5.91 Å². The van der Waals surface area contributed by atoms with Gasteiger partial charge < -0.3 is 5.32 Å². The van der Waals surface area contributed by atoms with E-state index in [0.717, 1.165) is 22.3 Å². The zero-order valence-corrected chi connectivity index (χ0v) is 21.2. The Kier molecular flexibility index (Phi) is 7.30. The first-order valence-corrected chi connectivity index (χ1v) is 12.4. The number of nitrogens with one attached hydrogen (secondary N) is 1. The number of para-hydroxylation sites is 1. The molecule has 0 aliphatic carbocycles. The van der Waals surface area contributed by atoms with Crippen molar-refractivity contribution in [1.29, 1.82) is 5.26 Å². The Bertz CT molecular complexity index is 1380. The van der Waals surface area contributed by atoms with Crippen LogP contribution in [0, 0.1) is 32.1 Å². The van der Waals surface area contributed by atoms with Gasteiger partial charge in [0.15, 0.2) is 0 Å². The third-order valence-corrected chi connectivity index (χ3v) is 7.50. The van der Waals surface area contributed by atoms with Crippen LogP contribution in [-0.4, -0.2) is 17.1 Å². The van der Waals surface area contributed by atoms with Crippen molar-refractivity contribution >= 4 is 46.6 Å². The zero-order valence-electron chi connectivity index (χ0n) is 19.6. The molecule has 1 heterocycles. The van der Waals surface area contributed by atoms with Gasteiger partial charge in [-0.05, 0) is 68.1 Å². The molecule has 7 heteroatoms. The number of benzene rings is 3. The SMILES string of the molecule is Cc1ccc(NC(=O)C(C#N)=C2SC(Cc3ccc(C)c(Cl)c3)C(=O)N2c2ccccc2C)cc1. The molecule has 1 unspecified atom stereocenters. The highest BCUT2D eigenvalue weighted by Gasteiger charge is 2.41. The molecule has 176 valence electrons. The Hall–Kier alpha value is -3.53. The van der Waals surface area contributed by atoms with Gasteiger partial charge in [-0.2, -0.15) is 5.26 Å². The minimum atomic E-state index is -0.552. The summed E-state index contributed by atoms with van der Waals surface area (Å²) in [7, 11) is 0. The van der Waals surface area contributed by atoms with Gasteiger partial charge in [-0.15, -0.1) is 0 Å². The van der Waals surface area contributed by atoms with Crippen molar-refractivity contribution < 1.29 is 9.59 Å². The van der Waals surface area contributed by atoms with Gasteiger partial charge in [-0.3, -0.25) is 14.5 Å². The van der Waals surface area contributed by atoms with Gasteiger partial charge >= 0.3 is 0 Å². The second-order valence-electron chi connectivity index (χ2n) is 8.47. The molecule has 0 aromatic heterocycles. The van der Waals surface area contributed by atoms with Crippen LogP contribution in [-0.2, 0) is 16.0 Å². The fourth-order valence-corrected chi connectivity index (χ4v) is 5.33.